The summed E-state index contributed by atoms with van der Waals surface area (Å²) in [6.45, 7) is 4.00. The standard InChI is InChI=1S/C6H10FNO2.C2H6/c1-8(10-2)5(9)6(7)3-4-6;1-2/h3-4H2,1-2H3;1-2H3. The van der Waals surface area contributed by atoms with E-state index >= 15 is 0 Å². The summed E-state index contributed by atoms with van der Waals surface area (Å²) in [5.41, 5.74) is -1.61. The monoisotopic (exact) mass is 177 g/mol. The van der Waals surface area contributed by atoms with Gasteiger partial charge in [0.05, 0.1) is 7.11 Å². The molecule has 1 aliphatic carbocycles. The predicted molar refractivity (Wildman–Crippen MR) is 44.2 cm³/mol. The SMILES string of the molecule is CC.CON(C)C(=O)C1(F)CC1. The van der Waals surface area contributed by atoms with E-state index < -0.39 is 11.6 Å². The van der Waals surface area contributed by atoms with E-state index in [9.17, 15) is 9.18 Å². The highest BCUT2D eigenvalue weighted by Crippen LogP contribution is 2.41. The van der Waals surface area contributed by atoms with Gasteiger partial charge in [-0.1, -0.05) is 13.8 Å². The molecule has 3 nitrogen and oxygen atoms in total. The van der Waals surface area contributed by atoms with E-state index in [1.54, 1.807) is 0 Å². The first-order chi connectivity index (χ1) is 5.60. The normalized spacial score (nSPS) is 17.4. The number of alkyl halides is 1. The summed E-state index contributed by atoms with van der Waals surface area (Å²) in [6, 6.07) is 0. The van der Waals surface area contributed by atoms with Crippen molar-refractivity contribution in [1.29, 1.82) is 0 Å². The lowest BCUT2D eigenvalue weighted by Gasteiger charge is -2.14. The van der Waals surface area contributed by atoms with Crippen molar-refractivity contribution in [3.63, 3.8) is 0 Å². The second-order valence-corrected chi connectivity index (χ2v) is 2.45. The van der Waals surface area contributed by atoms with E-state index in [0.29, 0.717) is 12.8 Å². The number of amides is 1. The Balaban J connectivity index is 0.000000561. The van der Waals surface area contributed by atoms with Crippen molar-refractivity contribution < 1.29 is 14.0 Å². The molecular formula is C8H16FNO2. The molecule has 0 heterocycles. The van der Waals surface area contributed by atoms with E-state index in [4.69, 9.17) is 0 Å². The Morgan fingerprint density at radius 3 is 2.17 bits per heavy atom. The highest BCUT2D eigenvalue weighted by Gasteiger charge is 2.52. The molecule has 0 aliphatic heterocycles. The van der Waals surface area contributed by atoms with Gasteiger partial charge in [0, 0.05) is 7.05 Å². The Morgan fingerprint density at radius 2 is 1.92 bits per heavy atom. The third kappa shape index (κ3) is 2.44. The van der Waals surface area contributed by atoms with Gasteiger partial charge in [-0.05, 0) is 12.8 Å². The van der Waals surface area contributed by atoms with E-state index in [1.807, 2.05) is 13.8 Å². The molecule has 1 amide bonds. The molecule has 1 rings (SSSR count). The van der Waals surface area contributed by atoms with Gasteiger partial charge in [0.1, 0.15) is 0 Å². The maximum Gasteiger partial charge on any atom is 0.283 e. The van der Waals surface area contributed by atoms with Gasteiger partial charge in [-0.15, -0.1) is 0 Å². The number of halogens is 1. The number of hydrogen-bond donors (Lipinski definition) is 0. The van der Waals surface area contributed by atoms with Gasteiger partial charge in [-0.3, -0.25) is 9.63 Å². The lowest BCUT2D eigenvalue weighted by atomic mass is 10.3. The number of hydrogen-bond acceptors (Lipinski definition) is 2. The van der Waals surface area contributed by atoms with Crippen LogP contribution < -0.4 is 0 Å². The average molecular weight is 177 g/mol. The minimum Gasteiger partial charge on any atom is -0.274 e. The molecule has 1 fully saturated rings. The smallest absolute Gasteiger partial charge is 0.274 e. The lowest BCUT2D eigenvalue weighted by molar-refractivity contribution is -0.176. The number of carbonyl (C=O) groups excluding carboxylic acids is 1. The Bertz CT molecular complexity index is 157. The van der Waals surface area contributed by atoms with Crippen molar-refractivity contribution in [1.82, 2.24) is 5.06 Å². The summed E-state index contributed by atoms with van der Waals surface area (Å²) in [6.07, 6.45) is 0.666. The minimum absolute atomic E-state index is 0.333. The Hall–Kier alpha value is -0.640. The molecule has 1 saturated carbocycles. The fraction of sp³-hybridized carbons (Fsp3) is 0.875. The van der Waals surface area contributed by atoms with E-state index in [-0.39, 0.29) is 0 Å². The van der Waals surface area contributed by atoms with Gasteiger partial charge in [-0.25, -0.2) is 9.45 Å². The summed E-state index contributed by atoms with van der Waals surface area (Å²) < 4.78 is 12.9. The zero-order chi connectivity index (χ0) is 9.78. The third-order valence-corrected chi connectivity index (χ3v) is 1.63. The molecule has 0 saturated heterocycles. The van der Waals surface area contributed by atoms with Crippen molar-refractivity contribution >= 4 is 5.91 Å². The lowest BCUT2D eigenvalue weighted by Crippen LogP contribution is -2.34. The van der Waals surface area contributed by atoms with Crippen LogP contribution in [0.2, 0.25) is 0 Å². The average Bonchev–Trinajstić information content (AvgIpc) is 2.86. The van der Waals surface area contributed by atoms with E-state index in [2.05, 4.69) is 4.84 Å². The topological polar surface area (TPSA) is 29.5 Å². The maximum absolute atomic E-state index is 12.9. The first-order valence-corrected chi connectivity index (χ1v) is 4.11. The van der Waals surface area contributed by atoms with Gasteiger partial charge < -0.3 is 0 Å². The Kier molecular flexibility index (Phi) is 4.17. The zero-order valence-electron chi connectivity index (χ0n) is 8.06. The molecule has 0 aromatic rings. The largest absolute Gasteiger partial charge is 0.283 e. The van der Waals surface area contributed by atoms with Crippen LogP contribution in [-0.2, 0) is 9.63 Å². The quantitative estimate of drug-likeness (QED) is 0.599. The first kappa shape index (κ1) is 11.4. The number of rotatable bonds is 2. The summed E-state index contributed by atoms with van der Waals surface area (Å²) >= 11 is 0. The van der Waals surface area contributed by atoms with Gasteiger partial charge in [0.25, 0.3) is 5.91 Å². The molecule has 0 unspecified atom stereocenters. The van der Waals surface area contributed by atoms with Crippen LogP contribution in [0.3, 0.4) is 0 Å². The molecule has 0 aromatic carbocycles. The summed E-state index contributed by atoms with van der Waals surface area (Å²) in [5, 5.41) is 0.924. The van der Waals surface area contributed by atoms with E-state index in [1.165, 1.54) is 14.2 Å². The van der Waals surface area contributed by atoms with Crippen LogP contribution in [0.4, 0.5) is 4.39 Å². The molecule has 0 spiro atoms. The van der Waals surface area contributed by atoms with Gasteiger partial charge in [0.15, 0.2) is 5.67 Å². The second-order valence-electron chi connectivity index (χ2n) is 2.45. The van der Waals surface area contributed by atoms with Crippen LogP contribution in [0.15, 0.2) is 0 Å². The maximum atomic E-state index is 12.9. The Labute approximate surface area is 72.4 Å². The van der Waals surface area contributed by atoms with E-state index in [0.717, 1.165) is 5.06 Å². The van der Waals surface area contributed by atoms with Crippen LogP contribution in [0.25, 0.3) is 0 Å². The third-order valence-electron chi connectivity index (χ3n) is 1.63. The van der Waals surface area contributed by atoms with Crippen molar-refractivity contribution in [2.24, 2.45) is 0 Å². The highest BCUT2D eigenvalue weighted by atomic mass is 19.1. The van der Waals surface area contributed by atoms with Gasteiger partial charge in [0.2, 0.25) is 0 Å². The summed E-state index contributed by atoms with van der Waals surface area (Å²) in [7, 11) is 2.74. The predicted octanol–water partition coefficient (Wildman–Crippen LogP) is 1.53. The van der Waals surface area contributed by atoms with Crippen LogP contribution in [-0.4, -0.2) is 30.8 Å². The highest BCUT2D eigenvalue weighted by molar-refractivity contribution is 5.86. The van der Waals surface area contributed by atoms with Crippen LogP contribution in [0.1, 0.15) is 26.7 Å². The molecule has 0 radical (unpaired) electrons. The van der Waals surface area contributed by atoms with Crippen molar-refractivity contribution in [3.8, 4) is 0 Å². The number of nitrogens with zero attached hydrogens (tertiary/aromatic N) is 1. The molecule has 72 valence electrons. The summed E-state index contributed by atoms with van der Waals surface area (Å²) in [5.74, 6) is -0.574. The molecule has 0 atom stereocenters. The first-order valence-electron chi connectivity index (χ1n) is 4.11. The zero-order valence-corrected chi connectivity index (χ0v) is 8.06. The molecule has 12 heavy (non-hydrogen) atoms. The van der Waals surface area contributed by atoms with Crippen molar-refractivity contribution in [2.45, 2.75) is 32.4 Å². The van der Waals surface area contributed by atoms with Crippen LogP contribution in [0.5, 0.6) is 0 Å². The number of hydroxylamine groups is 2. The molecule has 0 bridgehead atoms. The summed E-state index contributed by atoms with van der Waals surface area (Å²) in [4.78, 5) is 15.4. The molecule has 0 N–H and O–H groups in total. The van der Waals surface area contributed by atoms with Crippen molar-refractivity contribution in [2.75, 3.05) is 14.2 Å². The van der Waals surface area contributed by atoms with Crippen LogP contribution in [0, 0.1) is 0 Å². The minimum atomic E-state index is -1.61. The fourth-order valence-electron chi connectivity index (χ4n) is 0.689. The molecule has 1 aliphatic rings. The molecule has 0 aromatic heterocycles. The Morgan fingerprint density at radius 1 is 1.50 bits per heavy atom. The number of carbonyl (C=O) groups is 1. The van der Waals surface area contributed by atoms with Gasteiger partial charge in [-0.2, -0.15) is 0 Å². The van der Waals surface area contributed by atoms with Gasteiger partial charge >= 0.3 is 0 Å². The molecular weight excluding hydrogens is 161 g/mol. The fourth-order valence-corrected chi connectivity index (χ4v) is 0.689. The second kappa shape index (κ2) is 4.40. The van der Waals surface area contributed by atoms with Crippen LogP contribution >= 0.6 is 0 Å². The molecule has 4 heteroatoms. The van der Waals surface area contributed by atoms with Crippen molar-refractivity contribution in [3.05, 3.63) is 0 Å².